The molecule has 0 unspecified atom stereocenters. The summed E-state index contributed by atoms with van der Waals surface area (Å²) in [4.78, 5) is 10.4. The lowest BCUT2D eigenvalue weighted by atomic mass is 10.1. The Kier molecular flexibility index (Phi) is 8.12. The fraction of sp³-hybridized carbons (Fsp3) is 0.533. The molecule has 0 aliphatic heterocycles. The van der Waals surface area contributed by atoms with Crippen molar-refractivity contribution in [3.8, 4) is 0 Å². The van der Waals surface area contributed by atoms with Crippen molar-refractivity contribution in [3.63, 3.8) is 0 Å². The van der Waals surface area contributed by atoms with E-state index < -0.39 is 5.97 Å². The van der Waals surface area contributed by atoms with Crippen LogP contribution >= 0.6 is 0 Å². The molecule has 0 saturated carbocycles. The molecule has 0 spiro atoms. The van der Waals surface area contributed by atoms with Crippen LogP contribution in [-0.2, 0) is 4.79 Å². The van der Waals surface area contributed by atoms with Crippen LogP contribution in [0.5, 0.6) is 0 Å². The maximum absolute atomic E-state index is 10.4. The second-order valence-electron chi connectivity index (χ2n) is 4.74. The minimum absolute atomic E-state index is 0.826. The molecule has 0 aliphatic carbocycles. The van der Waals surface area contributed by atoms with Crippen molar-refractivity contribution in [2.24, 2.45) is 0 Å². The van der Waals surface area contributed by atoms with Crippen LogP contribution in [0.3, 0.4) is 0 Å². The predicted molar refractivity (Wildman–Crippen MR) is 73.0 cm³/mol. The lowest BCUT2D eigenvalue weighted by Gasteiger charge is -2.00. The van der Waals surface area contributed by atoms with Crippen LogP contribution < -0.4 is 0 Å². The molecule has 0 aliphatic rings. The average Bonchev–Trinajstić information content (AvgIpc) is 2.15. The standard InChI is InChI=1S/C15H24O2/c1-12(2)7-5-8-13(3)9-6-10-14(4)11-15(16)17/h7,9,11H,5-6,8,10H2,1-4H3,(H,16,17)/b13-9+,14-11-. The van der Waals surface area contributed by atoms with Crippen LogP contribution in [0.1, 0.15) is 53.4 Å². The van der Waals surface area contributed by atoms with Crippen LogP contribution in [0, 0.1) is 0 Å². The molecular weight excluding hydrogens is 212 g/mol. The van der Waals surface area contributed by atoms with E-state index in [1.54, 1.807) is 0 Å². The first-order valence-corrected chi connectivity index (χ1v) is 6.11. The SMILES string of the molecule is CC(C)=CCC/C(C)=C/CC/C(C)=C\C(=O)O. The summed E-state index contributed by atoms with van der Waals surface area (Å²) in [5.41, 5.74) is 3.66. The number of carbonyl (C=O) groups is 1. The van der Waals surface area contributed by atoms with Crippen molar-refractivity contribution in [2.45, 2.75) is 53.4 Å². The topological polar surface area (TPSA) is 37.3 Å². The van der Waals surface area contributed by atoms with Gasteiger partial charge in [0.05, 0.1) is 0 Å². The molecular formula is C15H24O2. The first kappa shape index (κ1) is 15.7. The molecule has 0 bridgehead atoms. The molecule has 0 radical (unpaired) electrons. The number of hydrogen-bond acceptors (Lipinski definition) is 1. The van der Waals surface area contributed by atoms with Gasteiger partial charge in [-0.3, -0.25) is 0 Å². The summed E-state index contributed by atoms with van der Waals surface area (Å²) in [6, 6.07) is 0. The highest BCUT2D eigenvalue weighted by Gasteiger charge is 1.94. The molecule has 0 amide bonds. The number of aliphatic carboxylic acids is 1. The molecule has 1 N–H and O–H groups in total. The highest BCUT2D eigenvalue weighted by atomic mass is 16.4. The monoisotopic (exact) mass is 236 g/mol. The minimum Gasteiger partial charge on any atom is -0.478 e. The molecule has 0 rings (SSSR count). The molecule has 0 fully saturated rings. The summed E-state index contributed by atoms with van der Waals surface area (Å²) in [5, 5.41) is 8.56. The summed E-state index contributed by atoms with van der Waals surface area (Å²) in [6.07, 6.45) is 9.67. The smallest absolute Gasteiger partial charge is 0.328 e. The third-order valence-corrected chi connectivity index (χ3v) is 2.49. The van der Waals surface area contributed by atoms with E-state index in [9.17, 15) is 4.79 Å². The Hall–Kier alpha value is -1.31. The summed E-state index contributed by atoms with van der Waals surface area (Å²) >= 11 is 0. The Morgan fingerprint density at radius 3 is 2.00 bits per heavy atom. The van der Waals surface area contributed by atoms with E-state index in [-0.39, 0.29) is 0 Å². The zero-order chi connectivity index (χ0) is 13.3. The Labute approximate surface area is 105 Å². The Morgan fingerprint density at radius 2 is 1.47 bits per heavy atom. The molecule has 0 saturated heterocycles. The van der Waals surface area contributed by atoms with Crippen molar-refractivity contribution in [1.82, 2.24) is 0 Å². The van der Waals surface area contributed by atoms with Crippen LogP contribution in [0.2, 0.25) is 0 Å². The van der Waals surface area contributed by atoms with Crippen LogP contribution in [0.4, 0.5) is 0 Å². The Bertz CT molecular complexity index is 329. The second kappa shape index (κ2) is 8.80. The van der Waals surface area contributed by atoms with Crippen molar-refractivity contribution < 1.29 is 9.90 Å². The highest BCUT2D eigenvalue weighted by Crippen LogP contribution is 2.11. The third kappa shape index (κ3) is 11.0. The molecule has 2 nitrogen and oxygen atoms in total. The summed E-state index contributed by atoms with van der Waals surface area (Å²) in [6.45, 7) is 8.22. The maximum Gasteiger partial charge on any atom is 0.328 e. The van der Waals surface area contributed by atoms with E-state index in [2.05, 4.69) is 32.9 Å². The quantitative estimate of drug-likeness (QED) is 0.522. The van der Waals surface area contributed by atoms with Gasteiger partial charge in [0, 0.05) is 6.08 Å². The van der Waals surface area contributed by atoms with Crippen molar-refractivity contribution >= 4 is 5.97 Å². The molecule has 0 heterocycles. The number of hydrogen-bond donors (Lipinski definition) is 1. The van der Waals surface area contributed by atoms with Crippen LogP contribution in [0.15, 0.2) is 34.9 Å². The molecule has 0 atom stereocenters. The van der Waals surface area contributed by atoms with E-state index in [1.807, 2.05) is 6.92 Å². The predicted octanol–water partition coefficient (Wildman–Crippen LogP) is 4.49. The zero-order valence-corrected chi connectivity index (χ0v) is 11.4. The Morgan fingerprint density at radius 1 is 0.941 bits per heavy atom. The van der Waals surface area contributed by atoms with Gasteiger partial charge < -0.3 is 5.11 Å². The first-order valence-electron chi connectivity index (χ1n) is 6.11. The maximum atomic E-state index is 10.4. The lowest BCUT2D eigenvalue weighted by molar-refractivity contribution is -0.131. The van der Waals surface area contributed by atoms with Crippen molar-refractivity contribution in [2.75, 3.05) is 0 Å². The van der Waals surface area contributed by atoms with E-state index in [1.165, 1.54) is 17.2 Å². The molecule has 0 aromatic rings. The molecule has 0 aromatic carbocycles. The van der Waals surface area contributed by atoms with Crippen LogP contribution in [-0.4, -0.2) is 11.1 Å². The average molecular weight is 236 g/mol. The number of allylic oxidation sites excluding steroid dienone is 5. The first-order chi connectivity index (χ1) is 7.91. The second-order valence-corrected chi connectivity index (χ2v) is 4.74. The van der Waals surface area contributed by atoms with E-state index in [0.717, 1.165) is 31.3 Å². The number of carboxylic acid groups (broad SMARTS) is 1. The van der Waals surface area contributed by atoms with Gasteiger partial charge >= 0.3 is 5.97 Å². The van der Waals surface area contributed by atoms with E-state index in [0.29, 0.717) is 0 Å². The number of carboxylic acids is 1. The van der Waals surface area contributed by atoms with Gasteiger partial charge in [-0.15, -0.1) is 0 Å². The summed E-state index contributed by atoms with van der Waals surface area (Å²) in [5.74, 6) is -0.855. The molecule has 17 heavy (non-hydrogen) atoms. The van der Waals surface area contributed by atoms with Gasteiger partial charge in [-0.2, -0.15) is 0 Å². The summed E-state index contributed by atoms with van der Waals surface area (Å²) in [7, 11) is 0. The third-order valence-electron chi connectivity index (χ3n) is 2.49. The van der Waals surface area contributed by atoms with Crippen molar-refractivity contribution in [1.29, 1.82) is 0 Å². The van der Waals surface area contributed by atoms with Gasteiger partial charge in [0.2, 0.25) is 0 Å². The Balaban J connectivity index is 3.92. The fourth-order valence-corrected chi connectivity index (χ4v) is 1.52. The minimum atomic E-state index is -0.855. The largest absolute Gasteiger partial charge is 0.478 e. The molecule has 2 heteroatoms. The normalized spacial score (nSPS) is 12.5. The van der Waals surface area contributed by atoms with Gasteiger partial charge in [0.25, 0.3) is 0 Å². The zero-order valence-electron chi connectivity index (χ0n) is 11.4. The summed E-state index contributed by atoms with van der Waals surface area (Å²) < 4.78 is 0. The van der Waals surface area contributed by atoms with Gasteiger partial charge in [-0.25, -0.2) is 4.79 Å². The molecule has 96 valence electrons. The van der Waals surface area contributed by atoms with Crippen molar-refractivity contribution in [3.05, 3.63) is 34.9 Å². The van der Waals surface area contributed by atoms with Gasteiger partial charge in [-0.1, -0.05) is 28.9 Å². The van der Waals surface area contributed by atoms with Gasteiger partial charge in [0.1, 0.15) is 0 Å². The van der Waals surface area contributed by atoms with Crippen LogP contribution in [0.25, 0.3) is 0 Å². The number of rotatable bonds is 7. The lowest BCUT2D eigenvalue weighted by Crippen LogP contribution is -1.89. The molecule has 0 aromatic heterocycles. The highest BCUT2D eigenvalue weighted by molar-refractivity contribution is 5.80. The fourth-order valence-electron chi connectivity index (χ4n) is 1.52. The van der Waals surface area contributed by atoms with Gasteiger partial charge in [0.15, 0.2) is 0 Å². The van der Waals surface area contributed by atoms with Gasteiger partial charge in [-0.05, 0) is 53.4 Å². The van der Waals surface area contributed by atoms with E-state index in [4.69, 9.17) is 5.11 Å². The van der Waals surface area contributed by atoms with E-state index >= 15 is 0 Å².